The summed E-state index contributed by atoms with van der Waals surface area (Å²) in [5.74, 6) is 0.0870. The molecule has 148 valence electrons. The highest BCUT2D eigenvalue weighted by atomic mass is 32.1. The highest BCUT2D eigenvalue weighted by molar-refractivity contribution is 7.18. The zero-order valence-electron chi connectivity index (χ0n) is 16.3. The van der Waals surface area contributed by atoms with Crippen LogP contribution in [0.2, 0.25) is 0 Å². The molecule has 1 saturated heterocycles. The Morgan fingerprint density at radius 2 is 1.86 bits per heavy atom. The van der Waals surface area contributed by atoms with Gasteiger partial charge in [0.1, 0.15) is 5.01 Å². The first-order valence-electron chi connectivity index (χ1n) is 10.3. The fourth-order valence-corrected chi connectivity index (χ4v) is 5.36. The topological polar surface area (TPSA) is 48.8 Å². The Morgan fingerprint density at radius 3 is 2.72 bits per heavy atom. The van der Waals surface area contributed by atoms with Crippen LogP contribution in [0.4, 0.5) is 0 Å². The van der Waals surface area contributed by atoms with Crippen LogP contribution in [0.15, 0.2) is 59.7 Å². The summed E-state index contributed by atoms with van der Waals surface area (Å²) in [5.41, 5.74) is 3.16. The Kier molecular flexibility index (Phi) is 5.12. The van der Waals surface area contributed by atoms with Crippen LogP contribution in [0.1, 0.15) is 42.3 Å². The summed E-state index contributed by atoms with van der Waals surface area (Å²) in [7, 11) is 0. The van der Waals surface area contributed by atoms with Gasteiger partial charge in [-0.1, -0.05) is 48.9 Å². The predicted molar refractivity (Wildman–Crippen MR) is 117 cm³/mol. The molecular weight excluding hydrogens is 380 g/mol. The Hall–Kier alpha value is -2.57. The van der Waals surface area contributed by atoms with E-state index < -0.39 is 0 Å². The first-order chi connectivity index (χ1) is 14.3. The summed E-state index contributed by atoms with van der Waals surface area (Å²) >= 11 is 1.76. The Labute approximate surface area is 174 Å². The van der Waals surface area contributed by atoms with Gasteiger partial charge < -0.3 is 0 Å². The maximum Gasteiger partial charge on any atom is 0.256 e. The number of nitrogens with zero attached hydrogens (tertiary/aromatic N) is 4. The van der Waals surface area contributed by atoms with Crippen molar-refractivity contribution < 1.29 is 4.79 Å². The van der Waals surface area contributed by atoms with Crippen molar-refractivity contribution in [3.63, 3.8) is 0 Å². The van der Waals surface area contributed by atoms with Crippen molar-refractivity contribution in [2.24, 2.45) is 5.10 Å². The zero-order chi connectivity index (χ0) is 19.6. The van der Waals surface area contributed by atoms with Gasteiger partial charge >= 0.3 is 0 Å². The lowest BCUT2D eigenvalue weighted by molar-refractivity contribution is -0.133. The van der Waals surface area contributed by atoms with Crippen LogP contribution in [-0.2, 0) is 4.79 Å². The van der Waals surface area contributed by atoms with E-state index in [0.29, 0.717) is 13.1 Å². The zero-order valence-corrected chi connectivity index (χ0v) is 17.1. The lowest BCUT2D eigenvalue weighted by Crippen LogP contribution is -2.41. The van der Waals surface area contributed by atoms with Crippen LogP contribution in [0.3, 0.4) is 0 Å². The van der Waals surface area contributed by atoms with E-state index in [4.69, 9.17) is 4.98 Å². The summed E-state index contributed by atoms with van der Waals surface area (Å²) in [6, 6.07) is 18.6. The Morgan fingerprint density at radius 1 is 1.03 bits per heavy atom. The molecule has 2 aliphatic heterocycles. The second-order valence-electron chi connectivity index (χ2n) is 7.68. The average Bonchev–Trinajstić information content (AvgIpc) is 3.42. The molecule has 1 fully saturated rings. The predicted octanol–water partition coefficient (Wildman–Crippen LogP) is 4.46. The summed E-state index contributed by atoms with van der Waals surface area (Å²) in [5, 5.41) is 7.41. The van der Waals surface area contributed by atoms with E-state index >= 15 is 0 Å². The number of thiazole rings is 1. The second-order valence-corrected chi connectivity index (χ2v) is 8.74. The maximum atomic E-state index is 13.0. The first-order valence-corrected chi connectivity index (χ1v) is 11.1. The van der Waals surface area contributed by atoms with Crippen molar-refractivity contribution in [3.8, 4) is 0 Å². The van der Waals surface area contributed by atoms with Gasteiger partial charge in [0, 0.05) is 6.42 Å². The SMILES string of the molecule is O=C(CN1CCCC[C@@H]1c1nc2ccccc2s1)N1CCC(c2ccccc2)=N1. The number of para-hydroxylation sites is 1. The fraction of sp³-hybridized carbons (Fsp3) is 0.348. The molecule has 0 spiro atoms. The minimum absolute atomic E-state index is 0.0870. The first kappa shape index (κ1) is 18.5. The van der Waals surface area contributed by atoms with Crippen molar-refractivity contribution in [1.82, 2.24) is 14.9 Å². The van der Waals surface area contributed by atoms with E-state index in [2.05, 4.69) is 40.3 Å². The van der Waals surface area contributed by atoms with Crippen LogP contribution in [0.5, 0.6) is 0 Å². The molecule has 3 heterocycles. The highest BCUT2D eigenvalue weighted by Gasteiger charge is 2.30. The van der Waals surface area contributed by atoms with Gasteiger partial charge in [-0.15, -0.1) is 11.3 Å². The van der Waals surface area contributed by atoms with Crippen molar-refractivity contribution >= 4 is 33.2 Å². The third kappa shape index (κ3) is 3.82. The van der Waals surface area contributed by atoms with Crippen LogP contribution in [0, 0.1) is 0 Å². The number of carbonyl (C=O) groups is 1. The van der Waals surface area contributed by atoms with E-state index in [1.165, 1.54) is 11.1 Å². The molecule has 29 heavy (non-hydrogen) atoms. The van der Waals surface area contributed by atoms with Gasteiger partial charge in [0.2, 0.25) is 0 Å². The summed E-state index contributed by atoms with van der Waals surface area (Å²) in [6.07, 6.45) is 4.20. The van der Waals surface area contributed by atoms with Crippen molar-refractivity contribution in [2.75, 3.05) is 19.6 Å². The van der Waals surface area contributed by atoms with E-state index in [1.54, 1.807) is 16.3 Å². The number of hydrazone groups is 1. The quantitative estimate of drug-likeness (QED) is 0.645. The van der Waals surface area contributed by atoms with Crippen LogP contribution >= 0.6 is 11.3 Å². The number of carbonyl (C=O) groups excluding carboxylic acids is 1. The number of benzene rings is 2. The lowest BCUT2D eigenvalue weighted by Gasteiger charge is -2.34. The van der Waals surface area contributed by atoms with Crippen LogP contribution in [-0.4, -0.2) is 46.1 Å². The number of amides is 1. The molecule has 1 amide bonds. The standard InChI is InChI=1S/C23H24N4OS/c28-22(27-15-13-18(25-27)17-8-2-1-3-9-17)16-26-14-7-6-11-20(26)23-24-19-10-4-5-12-21(19)29-23/h1-5,8-10,12,20H,6-7,11,13-16H2/t20-/m1/s1. The maximum absolute atomic E-state index is 13.0. The molecule has 0 unspecified atom stereocenters. The molecule has 1 aromatic heterocycles. The Balaban J connectivity index is 1.32. The largest absolute Gasteiger partial charge is 0.285 e. The molecule has 0 saturated carbocycles. The van der Waals surface area contributed by atoms with Gasteiger partial charge in [-0.05, 0) is 37.1 Å². The van der Waals surface area contributed by atoms with Gasteiger partial charge in [0.25, 0.3) is 5.91 Å². The summed E-state index contributed by atoms with van der Waals surface area (Å²) in [6.45, 7) is 2.02. The third-order valence-electron chi connectivity index (χ3n) is 5.74. The summed E-state index contributed by atoms with van der Waals surface area (Å²) in [4.78, 5) is 20.2. The average molecular weight is 405 g/mol. The van der Waals surface area contributed by atoms with Gasteiger partial charge in [-0.25, -0.2) is 9.99 Å². The molecule has 2 aromatic carbocycles. The number of piperidine rings is 1. The van der Waals surface area contributed by atoms with E-state index in [-0.39, 0.29) is 11.9 Å². The van der Waals surface area contributed by atoms with Gasteiger partial charge in [-0.3, -0.25) is 9.69 Å². The highest BCUT2D eigenvalue weighted by Crippen LogP contribution is 2.35. The lowest BCUT2D eigenvalue weighted by atomic mass is 10.0. The molecule has 5 nitrogen and oxygen atoms in total. The number of likely N-dealkylation sites (tertiary alicyclic amines) is 1. The molecule has 6 heteroatoms. The Bertz CT molecular complexity index is 1010. The smallest absolute Gasteiger partial charge is 0.256 e. The van der Waals surface area contributed by atoms with E-state index in [9.17, 15) is 4.79 Å². The van der Waals surface area contributed by atoms with E-state index in [0.717, 1.165) is 47.6 Å². The normalized spacial score (nSPS) is 20.2. The van der Waals surface area contributed by atoms with Crippen molar-refractivity contribution in [1.29, 1.82) is 0 Å². The molecule has 0 N–H and O–H groups in total. The molecule has 0 bridgehead atoms. The number of hydrogen-bond donors (Lipinski definition) is 0. The molecule has 0 aliphatic carbocycles. The number of fused-ring (bicyclic) bond motifs is 1. The van der Waals surface area contributed by atoms with Gasteiger partial charge in [0.15, 0.2) is 0 Å². The molecule has 3 aromatic rings. The van der Waals surface area contributed by atoms with Crippen LogP contribution < -0.4 is 0 Å². The second kappa shape index (κ2) is 8.05. The van der Waals surface area contributed by atoms with Crippen LogP contribution in [0.25, 0.3) is 10.2 Å². The van der Waals surface area contributed by atoms with E-state index in [1.807, 2.05) is 24.3 Å². The van der Waals surface area contributed by atoms with Crippen molar-refractivity contribution in [2.45, 2.75) is 31.7 Å². The molecule has 5 rings (SSSR count). The molecule has 2 aliphatic rings. The number of aromatic nitrogens is 1. The fourth-order valence-electron chi connectivity index (χ4n) is 4.22. The summed E-state index contributed by atoms with van der Waals surface area (Å²) < 4.78 is 1.22. The molecular formula is C23H24N4OS. The minimum Gasteiger partial charge on any atom is -0.285 e. The molecule has 0 radical (unpaired) electrons. The monoisotopic (exact) mass is 404 g/mol. The molecule has 1 atom stereocenters. The number of hydrogen-bond acceptors (Lipinski definition) is 5. The van der Waals surface area contributed by atoms with Gasteiger partial charge in [-0.2, -0.15) is 5.10 Å². The minimum atomic E-state index is 0.0870. The third-order valence-corrected chi connectivity index (χ3v) is 6.88. The van der Waals surface area contributed by atoms with Crippen molar-refractivity contribution in [3.05, 3.63) is 65.2 Å². The van der Waals surface area contributed by atoms with Gasteiger partial charge in [0.05, 0.1) is 35.1 Å². The number of rotatable bonds is 4.